The summed E-state index contributed by atoms with van der Waals surface area (Å²) < 4.78 is 42.2. The molecule has 28 heavy (non-hydrogen) atoms. The summed E-state index contributed by atoms with van der Waals surface area (Å²) in [5, 5.41) is 5.54. The van der Waals surface area contributed by atoms with E-state index in [1.807, 2.05) is 6.07 Å². The zero-order valence-electron chi connectivity index (χ0n) is 15.7. The Balaban J connectivity index is 2.01. The largest absolute Gasteiger partial charge is 0.455 e. The van der Waals surface area contributed by atoms with Crippen LogP contribution in [0.1, 0.15) is 31.1 Å². The van der Waals surface area contributed by atoms with Crippen LogP contribution in [0.15, 0.2) is 34.9 Å². The molecule has 1 aromatic heterocycles. The van der Waals surface area contributed by atoms with Crippen LogP contribution in [0.3, 0.4) is 0 Å². The molecule has 0 saturated carbocycles. The lowest BCUT2D eigenvalue weighted by Crippen LogP contribution is -2.50. The van der Waals surface area contributed by atoms with Gasteiger partial charge in [0.15, 0.2) is 0 Å². The maximum Gasteiger partial charge on any atom is 0.455 e. The number of nitrogens with zero attached hydrogens (tertiary/aromatic N) is 3. The zero-order chi connectivity index (χ0) is 20.9. The highest BCUT2D eigenvalue weighted by molar-refractivity contribution is 5.88. The molecule has 152 valence electrons. The number of carbonyl (C=O) groups excluding carboxylic acids is 2. The van der Waals surface area contributed by atoms with E-state index < -0.39 is 23.9 Å². The molecule has 0 aliphatic carbocycles. The Labute approximate surface area is 159 Å². The van der Waals surface area contributed by atoms with Crippen LogP contribution in [-0.2, 0) is 28.7 Å². The molecule has 0 unspecified atom stereocenters. The molecule has 0 bridgehead atoms. The molecule has 1 heterocycles. The Hall–Kier alpha value is -2.91. The fourth-order valence-corrected chi connectivity index (χ4v) is 2.47. The topological polar surface area (TPSA) is 88.3 Å². The minimum atomic E-state index is -4.73. The van der Waals surface area contributed by atoms with E-state index in [9.17, 15) is 22.8 Å². The first-order chi connectivity index (χ1) is 13.1. The first kappa shape index (κ1) is 21.4. The summed E-state index contributed by atoms with van der Waals surface area (Å²) in [6.45, 7) is 3.21. The van der Waals surface area contributed by atoms with Gasteiger partial charge in [0, 0.05) is 7.05 Å². The molecule has 0 fully saturated rings. The van der Waals surface area contributed by atoms with E-state index >= 15 is 0 Å². The van der Waals surface area contributed by atoms with E-state index in [1.54, 1.807) is 38.1 Å². The second-order valence-electron chi connectivity index (χ2n) is 6.66. The Bertz CT molecular complexity index is 806. The average Bonchev–Trinajstić information content (AvgIpc) is 3.08. The van der Waals surface area contributed by atoms with Crippen molar-refractivity contribution in [2.24, 2.45) is 5.92 Å². The molecule has 0 spiro atoms. The van der Waals surface area contributed by atoms with Crippen molar-refractivity contribution in [3.8, 4) is 0 Å². The second kappa shape index (κ2) is 8.85. The van der Waals surface area contributed by atoms with Gasteiger partial charge >= 0.3 is 6.18 Å². The van der Waals surface area contributed by atoms with Crippen molar-refractivity contribution in [2.75, 3.05) is 7.05 Å². The number of hydrogen-bond donors (Lipinski definition) is 1. The van der Waals surface area contributed by atoms with Gasteiger partial charge in [0.25, 0.3) is 5.82 Å². The predicted molar refractivity (Wildman–Crippen MR) is 92.7 cm³/mol. The van der Waals surface area contributed by atoms with Crippen molar-refractivity contribution in [3.05, 3.63) is 47.6 Å². The van der Waals surface area contributed by atoms with Gasteiger partial charge in [-0.25, -0.2) is 0 Å². The van der Waals surface area contributed by atoms with Gasteiger partial charge in [-0.1, -0.05) is 49.3 Å². The van der Waals surface area contributed by atoms with Gasteiger partial charge in [0.1, 0.15) is 6.04 Å². The predicted octanol–water partition coefficient (Wildman–Crippen LogP) is 2.43. The van der Waals surface area contributed by atoms with Crippen LogP contribution >= 0.6 is 0 Å². The fourth-order valence-electron chi connectivity index (χ4n) is 2.47. The molecule has 2 amide bonds. The third kappa shape index (κ3) is 5.80. The molecule has 2 aromatic rings. The zero-order valence-corrected chi connectivity index (χ0v) is 15.7. The van der Waals surface area contributed by atoms with E-state index in [4.69, 9.17) is 0 Å². The lowest BCUT2D eigenvalue weighted by molar-refractivity contribution is -0.146. The first-order valence-electron chi connectivity index (χ1n) is 8.56. The van der Waals surface area contributed by atoms with Crippen LogP contribution in [0.2, 0.25) is 0 Å². The van der Waals surface area contributed by atoms with Crippen LogP contribution in [0.5, 0.6) is 0 Å². The summed E-state index contributed by atoms with van der Waals surface area (Å²) >= 11 is 0. The van der Waals surface area contributed by atoms with Crippen LogP contribution in [0.25, 0.3) is 0 Å². The summed E-state index contributed by atoms with van der Waals surface area (Å²) in [7, 11) is 1.39. The van der Waals surface area contributed by atoms with Crippen molar-refractivity contribution in [2.45, 2.75) is 39.0 Å². The number of benzene rings is 1. The monoisotopic (exact) mass is 398 g/mol. The smallest absolute Gasteiger partial charge is 0.344 e. The number of carbonyl (C=O) groups is 2. The van der Waals surface area contributed by atoms with Crippen LogP contribution < -0.4 is 5.32 Å². The molecule has 7 nitrogen and oxygen atoms in total. The van der Waals surface area contributed by atoms with E-state index in [1.165, 1.54) is 7.05 Å². The number of hydrogen-bond acceptors (Lipinski definition) is 5. The van der Waals surface area contributed by atoms with Crippen LogP contribution in [0.4, 0.5) is 13.2 Å². The summed E-state index contributed by atoms with van der Waals surface area (Å²) in [5.41, 5.74) is 0.800. The number of nitrogens with one attached hydrogen (secondary N) is 1. The summed E-state index contributed by atoms with van der Waals surface area (Å²) in [6.07, 6.45) is -4.62. The van der Waals surface area contributed by atoms with E-state index in [0.29, 0.717) is 0 Å². The number of amides is 2. The summed E-state index contributed by atoms with van der Waals surface area (Å²) in [5.74, 6) is -2.78. The first-order valence-corrected chi connectivity index (χ1v) is 8.56. The minimum absolute atomic E-state index is 0.111. The highest BCUT2D eigenvalue weighted by Gasteiger charge is 2.37. The highest BCUT2D eigenvalue weighted by atomic mass is 19.4. The number of likely N-dealkylation sites (N-methyl/N-ethyl adjacent to an activating group) is 1. The molecule has 1 N–H and O–H groups in total. The normalized spacial score (nSPS) is 12.7. The number of aromatic nitrogens is 2. The van der Waals surface area contributed by atoms with Gasteiger partial charge in [0.2, 0.25) is 17.7 Å². The maximum absolute atomic E-state index is 12.7. The second-order valence-corrected chi connectivity index (χ2v) is 6.66. The number of rotatable bonds is 7. The van der Waals surface area contributed by atoms with Crippen LogP contribution in [0, 0.1) is 5.92 Å². The fraction of sp³-hybridized carbons (Fsp3) is 0.444. The maximum atomic E-state index is 12.7. The molecule has 1 atom stereocenters. The van der Waals surface area contributed by atoms with Crippen molar-refractivity contribution >= 4 is 11.8 Å². The van der Waals surface area contributed by atoms with E-state index in [2.05, 4.69) is 20.0 Å². The highest BCUT2D eigenvalue weighted by Crippen LogP contribution is 2.26. The quantitative estimate of drug-likeness (QED) is 0.774. The molecular formula is C18H21F3N4O3. The lowest BCUT2D eigenvalue weighted by atomic mass is 10.0. The van der Waals surface area contributed by atoms with Gasteiger partial charge in [-0.2, -0.15) is 18.2 Å². The molecule has 0 aliphatic heterocycles. The molecule has 1 aromatic carbocycles. The summed E-state index contributed by atoms with van der Waals surface area (Å²) in [6, 6.07) is 8.20. The number of alkyl halides is 3. The molecular weight excluding hydrogens is 377 g/mol. The standard InChI is InChI=1S/C18H21F3N4O3/c1-11(2)15(22-13(26)9-12-7-5-4-6-8-12)16(27)25(3)10-14-23-17(24-28-14)18(19,20)21/h4-8,11,15H,9-10H2,1-3H3,(H,22,26)/t15-/m1/s1. The minimum Gasteiger partial charge on any atom is -0.344 e. The van der Waals surface area contributed by atoms with E-state index in [-0.39, 0.29) is 30.7 Å². The Morgan fingerprint density at radius 3 is 2.39 bits per heavy atom. The van der Waals surface area contributed by atoms with Crippen LogP contribution in [-0.4, -0.2) is 39.9 Å². The van der Waals surface area contributed by atoms with E-state index in [0.717, 1.165) is 10.5 Å². The molecule has 2 rings (SSSR count). The van der Waals surface area contributed by atoms with Crippen molar-refractivity contribution in [1.82, 2.24) is 20.4 Å². The van der Waals surface area contributed by atoms with Crippen molar-refractivity contribution < 1.29 is 27.3 Å². The third-order valence-electron chi connectivity index (χ3n) is 3.93. The van der Waals surface area contributed by atoms with Crippen molar-refractivity contribution in [1.29, 1.82) is 0 Å². The lowest BCUT2D eigenvalue weighted by Gasteiger charge is -2.26. The van der Waals surface area contributed by atoms with Gasteiger partial charge in [0.05, 0.1) is 13.0 Å². The SMILES string of the molecule is CC(C)[C@@H](NC(=O)Cc1ccccc1)C(=O)N(C)Cc1nc(C(F)(F)F)no1. The third-order valence-corrected chi connectivity index (χ3v) is 3.93. The Morgan fingerprint density at radius 1 is 1.21 bits per heavy atom. The van der Waals surface area contributed by atoms with Gasteiger partial charge < -0.3 is 14.7 Å². The Morgan fingerprint density at radius 2 is 1.86 bits per heavy atom. The molecule has 10 heteroatoms. The van der Waals surface area contributed by atoms with Crippen molar-refractivity contribution in [3.63, 3.8) is 0 Å². The number of halogens is 3. The molecule has 0 saturated heterocycles. The van der Waals surface area contributed by atoms with Gasteiger partial charge in [-0.05, 0) is 11.5 Å². The summed E-state index contributed by atoms with van der Waals surface area (Å²) in [4.78, 5) is 29.3. The molecule has 0 radical (unpaired) electrons. The average molecular weight is 398 g/mol. The molecule has 0 aliphatic rings. The Kier molecular flexibility index (Phi) is 6.76. The van der Waals surface area contributed by atoms with Gasteiger partial charge in [-0.3, -0.25) is 9.59 Å². The van der Waals surface area contributed by atoms with Gasteiger partial charge in [-0.15, -0.1) is 0 Å².